The van der Waals surface area contributed by atoms with Crippen molar-refractivity contribution in [3.05, 3.63) is 42.0 Å². The number of likely N-dealkylation sites (N-methyl/N-ethyl adjacent to an activating group) is 1. The molecule has 0 heterocycles. The second-order valence-electron chi connectivity index (χ2n) is 6.08. The smallest absolute Gasteiger partial charge is 0.0998 e. The fraction of sp³-hybridized carbons (Fsp3) is 0.389. The van der Waals surface area contributed by atoms with Crippen LogP contribution in [0.1, 0.15) is 31.2 Å². The first-order valence-corrected chi connectivity index (χ1v) is 7.48. The van der Waals surface area contributed by atoms with Gasteiger partial charge in [-0.15, -0.1) is 0 Å². The SMILES string of the molecule is CN(CC1(O)CCCC1)c1ccc(C#N)c2ccccc12. The number of hydrogen-bond donors (Lipinski definition) is 1. The largest absolute Gasteiger partial charge is 0.388 e. The molecule has 0 aromatic heterocycles. The van der Waals surface area contributed by atoms with Gasteiger partial charge in [-0.05, 0) is 25.0 Å². The molecule has 3 rings (SSSR count). The van der Waals surface area contributed by atoms with Crippen molar-refractivity contribution >= 4 is 16.5 Å². The lowest BCUT2D eigenvalue weighted by Gasteiger charge is -2.30. The summed E-state index contributed by atoms with van der Waals surface area (Å²) in [7, 11) is 2.02. The average Bonchev–Trinajstić information content (AvgIpc) is 2.92. The van der Waals surface area contributed by atoms with Gasteiger partial charge in [0.1, 0.15) is 0 Å². The Balaban J connectivity index is 1.99. The Morgan fingerprint density at radius 2 is 1.81 bits per heavy atom. The molecule has 0 bridgehead atoms. The normalized spacial score (nSPS) is 16.8. The van der Waals surface area contributed by atoms with Crippen LogP contribution in [0, 0.1) is 11.3 Å². The topological polar surface area (TPSA) is 47.3 Å². The molecule has 0 aliphatic heterocycles. The van der Waals surface area contributed by atoms with Crippen molar-refractivity contribution < 1.29 is 5.11 Å². The summed E-state index contributed by atoms with van der Waals surface area (Å²) >= 11 is 0. The van der Waals surface area contributed by atoms with Gasteiger partial charge in [0, 0.05) is 30.1 Å². The van der Waals surface area contributed by atoms with E-state index in [2.05, 4.69) is 11.0 Å². The van der Waals surface area contributed by atoms with E-state index in [0.29, 0.717) is 12.1 Å². The molecule has 0 radical (unpaired) electrons. The van der Waals surface area contributed by atoms with Crippen molar-refractivity contribution in [2.75, 3.05) is 18.5 Å². The number of rotatable bonds is 3. The number of aliphatic hydroxyl groups is 1. The predicted octanol–water partition coefficient (Wildman–Crippen LogP) is 3.45. The zero-order chi connectivity index (χ0) is 14.9. The summed E-state index contributed by atoms with van der Waals surface area (Å²) in [5, 5.41) is 21.9. The Kier molecular flexibility index (Phi) is 3.57. The number of anilines is 1. The van der Waals surface area contributed by atoms with Crippen molar-refractivity contribution in [2.24, 2.45) is 0 Å². The third-order valence-corrected chi connectivity index (χ3v) is 4.50. The van der Waals surface area contributed by atoms with Gasteiger partial charge in [-0.2, -0.15) is 5.26 Å². The second-order valence-corrected chi connectivity index (χ2v) is 6.08. The van der Waals surface area contributed by atoms with Gasteiger partial charge < -0.3 is 10.0 Å². The highest BCUT2D eigenvalue weighted by Gasteiger charge is 2.32. The quantitative estimate of drug-likeness (QED) is 0.936. The Morgan fingerprint density at radius 1 is 1.14 bits per heavy atom. The summed E-state index contributed by atoms with van der Waals surface area (Å²) < 4.78 is 0. The van der Waals surface area contributed by atoms with Gasteiger partial charge in [-0.1, -0.05) is 37.1 Å². The maximum atomic E-state index is 10.6. The predicted molar refractivity (Wildman–Crippen MR) is 85.4 cm³/mol. The number of nitrogens with zero attached hydrogens (tertiary/aromatic N) is 2. The van der Waals surface area contributed by atoms with Crippen LogP contribution in [-0.2, 0) is 0 Å². The standard InChI is InChI=1S/C18H20N2O/c1-20(13-18(21)10-4-5-11-18)17-9-8-14(12-19)15-6-2-3-7-16(15)17/h2-3,6-9,21H,4-5,10-11,13H2,1H3. The van der Waals surface area contributed by atoms with Crippen LogP contribution in [0.5, 0.6) is 0 Å². The minimum absolute atomic E-state index is 0.566. The van der Waals surface area contributed by atoms with E-state index < -0.39 is 5.60 Å². The van der Waals surface area contributed by atoms with Gasteiger partial charge in [0.05, 0.1) is 17.2 Å². The molecule has 108 valence electrons. The summed E-state index contributed by atoms with van der Waals surface area (Å²) in [5.74, 6) is 0. The Hall–Kier alpha value is -2.05. The lowest BCUT2D eigenvalue weighted by molar-refractivity contribution is 0.0560. The second kappa shape index (κ2) is 5.38. The van der Waals surface area contributed by atoms with E-state index in [1.54, 1.807) is 0 Å². The van der Waals surface area contributed by atoms with Crippen LogP contribution in [0.25, 0.3) is 10.8 Å². The summed E-state index contributed by atoms with van der Waals surface area (Å²) in [5.41, 5.74) is 1.20. The molecule has 3 nitrogen and oxygen atoms in total. The Morgan fingerprint density at radius 3 is 2.48 bits per heavy atom. The maximum absolute atomic E-state index is 10.6. The zero-order valence-corrected chi connectivity index (χ0v) is 12.3. The highest BCUT2D eigenvalue weighted by atomic mass is 16.3. The molecule has 2 aromatic carbocycles. The van der Waals surface area contributed by atoms with E-state index in [4.69, 9.17) is 0 Å². The first-order chi connectivity index (χ1) is 10.1. The van der Waals surface area contributed by atoms with Gasteiger partial charge in [-0.25, -0.2) is 0 Å². The molecular weight excluding hydrogens is 260 g/mol. The molecule has 1 fully saturated rings. The van der Waals surface area contributed by atoms with Crippen LogP contribution in [0.4, 0.5) is 5.69 Å². The number of nitriles is 1. The number of fused-ring (bicyclic) bond motifs is 1. The van der Waals surface area contributed by atoms with Crippen LogP contribution >= 0.6 is 0 Å². The molecule has 0 amide bonds. The minimum Gasteiger partial charge on any atom is -0.388 e. The van der Waals surface area contributed by atoms with Gasteiger partial charge >= 0.3 is 0 Å². The average molecular weight is 280 g/mol. The van der Waals surface area contributed by atoms with Gasteiger partial charge in [0.15, 0.2) is 0 Å². The molecule has 1 saturated carbocycles. The number of benzene rings is 2. The molecule has 21 heavy (non-hydrogen) atoms. The monoisotopic (exact) mass is 280 g/mol. The fourth-order valence-corrected chi connectivity index (χ4v) is 3.43. The minimum atomic E-state index is -0.566. The van der Waals surface area contributed by atoms with Crippen molar-refractivity contribution in [1.82, 2.24) is 0 Å². The summed E-state index contributed by atoms with van der Waals surface area (Å²) in [6.45, 7) is 0.642. The summed E-state index contributed by atoms with van der Waals surface area (Å²) in [6, 6.07) is 14.1. The number of hydrogen-bond acceptors (Lipinski definition) is 3. The molecular formula is C18H20N2O. The first-order valence-electron chi connectivity index (χ1n) is 7.48. The molecule has 0 saturated heterocycles. The Labute approximate surface area is 125 Å². The highest BCUT2D eigenvalue weighted by molar-refractivity contribution is 5.97. The molecule has 1 aliphatic carbocycles. The zero-order valence-electron chi connectivity index (χ0n) is 12.3. The van der Waals surface area contributed by atoms with E-state index in [1.165, 1.54) is 0 Å². The molecule has 3 heteroatoms. The molecule has 1 aliphatic rings. The van der Waals surface area contributed by atoms with Crippen molar-refractivity contribution in [3.8, 4) is 6.07 Å². The van der Waals surface area contributed by atoms with Crippen molar-refractivity contribution in [3.63, 3.8) is 0 Å². The van der Waals surface area contributed by atoms with E-state index in [-0.39, 0.29) is 0 Å². The maximum Gasteiger partial charge on any atom is 0.0998 e. The molecule has 0 spiro atoms. The molecule has 2 aromatic rings. The van der Waals surface area contributed by atoms with Crippen LogP contribution < -0.4 is 4.90 Å². The van der Waals surface area contributed by atoms with E-state index >= 15 is 0 Å². The van der Waals surface area contributed by atoms with Gasteiger partial charge in [-0.3, -0.25) is 0 Å². The summed E-state index contributed by atoms with van der Waals surface area (Å²) in [4.78, 5) is 2.12. The Bertz CT molecular complexity index is 696. The fourth-order valence-electron chi connectivity index (χ4n) is 3.43. The summed E-state index contributed by atoms with van der Waals surface area (Å²) in [6.07, 6.45) is 3.98. The lowest BCUT2D eigenvalue weighted by atomic mass is 9.99. The van der Waals surface area contributed by atoms with Crippen molar-refractivity contribution in [2.45, 2.75) is 31.3 Å². The van der Waals surface area contributed by atoms with Gasteiger partial charge in [0.25, 0.3) is 0 Å². The molecule has 1 N–H and O–H groups in total. The van der Waals surface area contributed by atoms with E-state index in [9.17, 15) is 10.4 Å². The van der Waals surface area contributed by atoms with E-state index in [1.807, 2.05) is 43.4 Å². The lowest BCUT2D eigenvalue weighted by Crippen LogP contribution is -2.39. The van der Waals surface area contributed by atoms with Crippen LogP contribution in [0.2, 0.25) is 0 Å². The van der Waals surface area contributed by atoms with Crippen molar-refractivity contribution in [1.29, 1.82) is 5.26 Å². The third kappa shape index (κ3) is 2.59. The van der Waals surface area contributed by atoms with Crippen LogP contribution in [-0.4, -0.2) is 24.3 Å². The first kappa shape index (κ1) is 13.9. The molecule has 0 atom stereocenters. The van der Waals surface area contributed by atoms with E-state index in [0.717, 1.165) is 42.1 Å². The molecule has 0 unspecified atom stereocenters. The third-order valence-electron chi connectivity index (χ3n) is 4.50. The van der Waals surface area contributed by atoms with Gasteiger partial charge in [0.2, 0.25) is 0 Å². The highest BCUT2D eigenvalue weighted by Crippen LogP contribution is 2.34. The van der Waals surface area contributed by atoms with Crippen LogP contribution in [0.3, 0.4) is 0 Å². The van der Waals surface area contributed by atoms with Crippen LogP contribution in [0.15, 0.2) is 36.4 Å².